The number of nitrogen functional groups attached to an aromatic ring is 1. The van der Waals surface area contributed by atoms with Crippen molar-refractivity contribution in [1.29, 1.82) is 0 Å². The first-order valence-corrected chi connectivity index (χ1v) is 8.30. The molecule has 3 aromatic rings. The molecule has 2 aromatic carbocycles. The number of methoxy groups -OCH3 is 1. The highest BCUT2D eigenvalue weighted by Crippen LogP contribution is 2.28. The van der Waals surface area contributed by atoms with Crippen LogP contribution < -0.4 is 10.6 Å². The molecule has 7 heteroatoms. The number of hydrogen-bond donors (Lipinski definition) is 1. The number of benzene rings is 2. The lowest BCUT2D eigenvalue weighted by Crippen LogP contribution is -2.11. The van der Waals surface area contributed by atoms with Crippen molar-refractivity contribution >= 4 is 11.8 Å². The van der Waals surface area contributed by atoms with Crippen LogP contribution in [-0.2, 0) is 5.75 Å². The van der Waals surface area contributed by atoms with E-state index in [4.69, 9.17) is 10.6 Å². The van der Waals surface area contributed by atoms with Gasteiger partial charge in [0.2, 0.25) is 5.16 Å². The molecule has 5 nitrogen and oxygen atoms in total. The van der Waals surface area contributed by atoms with Gasteiger partial charge in [-0.15, -0.1) is 10.2 Å². The van der Waals surface area contributed by atoms with Crippen molar-refractivity contribution < 1.29 is 9.13 Å². The SMILES string of the molecule is COc1ccc(F)cc1CSc1nnc(-c2ccc(C)cc2)n1N. The first-order chi connectivity index (χ1) is 11.6. The lowest BCUT2D eigenvalue weighted by atomic mass is 10.1. The minimum Gasteiger partial charge on any atom is -0.496 e. The van der Waals surface area contributed by atoms with Crippen LogP contribution in [0.15, 0.2) is 47.6 Å². The average Bonchev–Trinajstić information content (AvgIpc) is 2.95. The fourth-order valence-electron chi connectivity index (χ4n) is 2.28. The molecule has 124 valence electrons. The Labute approximate surface area is 143 Å². The van der Waals surface area contributed by atoms with Crippen LogP contribution in [0.1, 0.15) is 11.1 Å². The number of halogens is 1. The van der Waals surface area contributed by atoms with Gasteiger partial charge in [-0.1, -0.05) is 41.6 Å². The Kier molecular flexibility index (Phi) is 4.71. The monoisotopic (exact) mass is 344 g/mol. The van der Waals surface area contributed by atoms with Gasteiger partial charge in [0.05, 0.1) is 7.11 Å². The van der Waals surface area contributed by atoms with Crippen LogP contribution >= 0.6 is 11.8 Å². The average molecular weight is 344 g/mol. The molecule has 1 heterocycles. The minimum absolute atomic E-state index is 0.305. The van der Waals surface area contributed by atoms with Crippen LogP contribution in [0.2, 0.25) is 0 Å². The van der Waals surface area contributed by atoms with E-state index in [1.54, 1.807) is 13.2 Å². The Morgan fingerprint density at radius 2 is 1.92 bits per heavy atom. The normalized spacial score (nSPS) is 10.8. The minimum atomic E-state index is -0.305. The molecule has 3 rings (SSSR count). The first-order valence-electron chi connectivity index (χ1n) is 7.31. The molecule has 0 saturated heterocycles. The third kappa shape index (κ3) is 3.35. The van der Waals surface area contributed by atoms with Gasteiger partial charge in [-0.2, -0.15) is 0 Å². The van der Waals surface area contributed by atoms with Crippen LogP contribution in [0.25, 0.3) is 11.4 Å². The van der Waals surface area contributed by atoms with Gasteiger partial charge in [-0.3, -0.25) is 0 Å². The zero-order chi connectivity index (χ0) is 17.1. The Morgan fingerprint density at radius 1 is 1.17 bits per heavy atom. The maximum absolute atomic E-state index is 13.4. The van der Waals surface area contributed by atoms with Gasteiger partial charge in [-0.05, 0) is 25.1 Å². The topological polar surface area (TPSA) is 66.0 Å². The van der Waals surface area contributed by atoms with E-state index in [1.807, 2.05) is 31.2 Å². The second-order valence-corrected chi connectivity index (χ2v) is 6.23. The molecule has 0 aliphatic carbocycles. The number of rotatable bonds is 5. The maximum Gasteiger partial charge on any atom is 0.210 e. The van der Waals surface area contributed by atoms with Crippen LogP contribution in [0.3, 0.4) is 0 Å². The summed E-state index contributed by atoms with van der Waals surface area (Å²) in [6, 6.07) is 12.3. The Hall–Kier alpha value is -2.54. The molecular formula is C17H17FN4OS. The highest BCUT2D eigenvalue weighted by atomic mass is 32.2. The zero-order valence-corrected chi connectivity index (χ0v) is 14.2. The molecule has 0 fully saturated rings. The molecule has 1 aromatic heterocycles. The molecule has 0 bridgehead atoms. The summed E-state index contributed by atoms with van der Waals surface area (Å²) in [6.07, 6.45) is 0. The molecule has 0 atom stereocenters. The Morgan fingerprint density at radius 3 is 2.62 bits per heavy atom. The quantitative estimate of drug-likeness (QED) is 0.567. The van der Waals surface area contributed by atoms with E-state index in [2.05, 4.69) is 10.2 Å². The van der Waals surface area contributed by atoms with Crippen molar-refractivity contribution in [3.63, 3.8) is 0 Å². The van der Waals surface area contributed by atoms with Gasteiger partial charge in [0.25, 0.3) is 0 Å². The van der Waals surface area contributed by atoms with E-state index in [9.17, 15) is 4.39 Å². The Balaban J connectivity index is 1.80. The van der Waals surface area contributed by atoms with Crippen LogP contribution in [0, 0.1) is 12.7 Å². The fourth-order valence-corrected chi connectivity index (χ4v) is 3.11. The first kappa shape index (κ1) is 16.3. The van der Waals surface area contributed by atoms with E-state index in [1.165, 1.54) is 28.6 Å². The second kappa shape index (κ2) is 6.92. The highest BCUT2D eigenvalue weighted by Gasteiger charge is 2.13. The molecular weight excluding hydrogens is 327 g/mol. The van der Waals surface area contributed by atoms with Crippen LogP contribution in [0.5, 0.6) is 5.75 Å². The number of aryl methyl sites for hydroxylation is 1. The number of thioether (sulfide) groups is 1. The second-order valence-electron chi connectivity index (χ2n) is 5.29. The van der Waals surface area contributed by atoms with Gasteiger partial charge in [0.15, 0.2) is 5.82 Å². The van der Waals surface area contributed by atoms with E-state index >= 15 is 0 Å². The fraction of sp³-hybridized carbons (Fsp3) is 0.176. The molecule has 24 heavy (non-hydrogen) atoms. The van der Waals surface area contributed by atoms with Crippen LogP contribution in [-0.4, -0.2) is 22.0 Å². The van der Waals surface area contributed by atoms with E-state index < -0.39 is 0 Å². The predicted octanol–water partition coefficient (Wildman–Crippen LogP) is 3.41. The van der Waals surface area contributed by atoms with Gasteiger partial charge in [0.1, 0.15) is 11.6 Å². The molecule has 0 aliphatic heterocycles. The summed E-state index contributed by atoms with van der Waals surface area (Å²) >= 11 is 1.37. The summed E-state index contributed by atoms with van der Waals surface area (Å²) < 4.78 is 20.1. The zero-order valence-electron chi connectivity index (χ0n) is 13.4. The molecule has 0 amide bonds. The van der Waals surface area contributed by atoms with E-state index in [0.29, 0.717) is 22.5 Å². The number of nitrogens with two attached hydrogens (primary N) is 1. The highest BCUT2D eigenvalue weighted by molar-refractivity contribution is 7.98. The van der Waals surface area contributed by atoms with Crippen molar-refractivity contribution in [2.24, 2.45) is 0 Å². The summed E-state index contributed by atoms with van der Waals surface area (Å²) in [6.45, 7) is 2.02. The summed E-state index contributed by atoms with van der Waals surface area (Å²) in [7, 11) is 1.56. The molecule has 2 N–H and O–H groups in total. The summed E-state index contributed by atoms with van der Waals surface area (Å²) in [5.74, 6) is 7.49. The lowest BCUT2D eigenvalue weighted by Gasteiger charge is -2.08. The predicted molar refractivity (Wildman–Crippen MR) is 92.9 cm³/mol. The molecule has 0 saturated carbocycles. The number of ether oxygens (including phenoxy) is 1. The molecule has 0 spiro atoms. The number of hydrogen-bond acceptors (Lipinski definition) is 5. The molecule has 0 aliphatic rings. The van der Waals surface area contributed by atoms with Crippen molar-refractivity contribution in [3.8, 4) is 17.1 Å². The van der Waals surface area contributed by atoms with Crippen molar-refractivity contribution in [2.75, 3.05) is 13.0 Å². The number of nitrogens with zero attached hydrogens (tertiary/aromatic N) is 3. The summed E-state index contributed by atoms with van der Waals surface area (Å²) in [4.78, 5) is 0. The molecule has 0 radical (unpaired) electrons. The third-order valence-corrected chi connectivity index (χ3v) is 4.57. The van der Waals surface area contributed by atoms with Crippen molar-refractivity contribution in [3.05, 3.63) is 59.4 Å². The summed E-state index contributed by atoms with van der Waals surface area (Å²) in [5.41, 5.74) is 2.79. The van der Waals surface area contributed by atoms with Gasteiger partial charge < -0.3 is 10.6 Å². The standard InChI is InChI=1S/C17H17FN4OS/c1-11-3-5-12(6-4-11)16-20-21-17(22(16)19)24-10-13-9-14(18)7-8-15(13)23-2/h3-9H,10,19H2,1-2H3. The molecule has 0 unspecified atom stereocenters. The lowest BCUT2D eigenvalue weighted by molar-refractivity contribution is 0.410. The van der Waals surface area contributed by atoms with Crippen LogP contribution in [0.4, 0.5) is 4.39 Å². The van der Waals surface area contributed by atoms with Crippen molar-refractivity contribution in [2.45, 2.75) is 17.8 Å². The Bertz CT molecular complexity index is 848. The third-order valence-electron chi connectivity index (χ3n) is 3.57. The van der Waals surface area contributed by atoms with Gasteiger partial charge in [0, 0.05) is 16.9 Å². The van der Waals surface area contributed by atoms with Crippen molar-refractivity contribution in [1.82, 2.24) is 14.9 Å². The largest absolute Gasteiger partial charge is 0.496 e. The van der Waals surface area contributed by atoms with Gasteiger partial charge in [-0.25, -0.2) is 9.07 Å². The smallest absolute Gasteiger partial charge is 0.210 e. The van der Waals surface area contributed by atoms with Gasteiger partial charge >= 0.3 is 0 Å². The summed E-state index contributed by atoms with van der Waals surface area (Å²) in [5, 5.41) is 8.83. The maximum atomic E-state index is 13.4. The van der Waals surface area contributed by atoms with E-state index in [-0.39, 0.29) is 5.82 Å². The number of aromatic nitrogens is 3. The van der Waals surface area contributed by atoms with E-state index in [0.717, 1.165) is 16.7 Å².